The maximum absolute atomic E-state index is 11.6. The lowest BCUT2D eigenvalue weighted by molar-refractivity contribution is 0.0596. The first kappa shape index (κ1) is 15.8. The van der Waals surface area contributed by atoms with Gasteiger partial charge in [-0.2, -0.15) is 5.26 Å². The Morgan fingerprint density at radius 1 is 1.35 bits per heavy atom. The lowest BCUT2D eigenvalue weighted by Gasteiger charge is -2.30. The number of benzene rings is 1. The largest absolute Gasteiger partial charge is 0.379 e. The molecule has 0 radical (unpaired) electrons. The molecule has 1 aliphatic heterocycles. The van der Waals surface area contributed by atoms with Crippen LogP contribution in [0.1, 0.15) is 35.2 Å². The Labute approximate surface area is 137 Å². The van der Waals surface area contributed by atoms with Crippen molar-refractivity contribution in [2.75, 3.05) is 20.6 Å². The fourth-order valence-corrected chi connectivity index (χ4v) is 3.53. The van der Waals surface area contributed by atoms with Gasteiger partial charge in [-0.1, -0.05) is 6.07 Å². The Balaban J connectivity index is 2.07. The van der Waals surface area contributed by atoms with Crippen molar-refractivity contribution in [2.24, 2.45) is 0 Å². The minimum atomic E-state index is -1.03. The van der Waals surface area contributed by atoms with Gasteiger partial charge in [-0.3, -0.25) is 0 Å². The minimum Gasteiger partial charge on any atom is -0.379 e. The van der Waals surface area contributed by atoms with Crippen molar-refractivity contribution in [2.45, 2.75) is 31.4 Å². The Morgan fingerprint density at radius 3 is 2.91 bits per heavy atom. The van der Waals surface area contributed by atoms with E-state index in [1.165, 1.54) is 0 Å². The first-order valence-electron chi connectivity index (χ1n) is 8.11. The number of fused-ring (bicyclic) bond motifs is 2. The highest BCUT2D eigenvalue weighted by atomic mass is 16.3. The van der Waals surface area contributed by atoms with Gasteiger partial charge in [0.15, 0.2) is 0 Å². The Morgan fingerprint density at radius 2 is 2.17 bits per heavy atom. The van der Waals surface area contributed by atoms with Crippen molar-refractivity contribution in [1.82, 2.24) is 9.47 Å². The lowest BCUT2D eigenvalue weighted by Crippen LogP contribution is -2.31. The number of hydrogen-bond donors (Lipinski definition) is 1. The van der Waals surface area contributed by atoms with Gasteiger partial charge in [0.1, 0.15) is 5.60 Å². The first-order chi connectivity index (χ1) is 11.0. The number of aryl methyl sites for hydroxylation is 2. The third kappa shape index (κ3) is 2.90. The zero-order valence-corrected chi connectivity index (χ0v) is 13.8. The van der Waals surface area contributed by atoms with Gasteiger partial charge in [-0.25, -0.2) is 0 Å². The van der Waals surface area contributed by atoms with E-state index in [0.717, 1.165) is 42.8 Å². The van der Waals surface area contributed by atoms with Crippen molar-refractivity contribution in [3.05, 3.63) is 58.9 Å². The lowest BCUT2D eigenvalue weighted by atomic mass is 9.82. The standard InChI is InChI=1S/C19H23N3O/c1-21(2)10-4-9-19(23)17-13-15(14-20)6-7-16(17)8-12-22-11-3-5-18(19)22/h3,5-7,11,13,23H,4,8-10,12H2,1-2H3. The number of rotatable bonds is 4. The molecule has 0 saturated heterocycles. The summed E-state index contributed by atoms with van der Waals surface area (Å²) in [6.07, 6.45) is 4.45. The van der Waals surface area contributed by atoms with E-state index in [9.17, 15) is 10.4 Å². The molecule has 1 aromatic heterocycles. The highest BCUT2D eigenvalue weighted by Gasteiger charge is 2.37. The molecule has 1 aliphatic rings. The number of nitriles is 1. The average molecular weight is 309 g/mol. The van der Waals surface area contributed by atoms with Crippen LogP contribution < -0.4 is 0 Å². The Bertz CT molecular complexity index is 741. The topological polar surface area (TPSA) is 52.2 Å². The predicted octanol–water partition coefficient (Wildman–Crippen LogP) is 2.49. The molecule has 1 atom stereocenters. The second kappa shape index (κ2) is 6.19. The monoisotopic (exact) mass is 309 g/mol. The van der Waals surface area contributed by atoms with E-state index in [2.05, 4.69) is 15.5 Å². The predicted molar refractivity (Wildman–Crippen MR) is 90.1 cm³/mol. The van der Waals surface area contributed by atoms with Gasteiger partial charge in [0.05, 0.1) is 17.3 Å². The molecule has 0 saturated carbocycles. The summed E-state index contributed by atoms with van der Waals surface area (Å²) in [5, 5.41) is 20.9. The third-order valence-electron chi connectivity index (χ3n) is 4.70. The van der Waals surface area contributed by atoms with Crippen LogP contribution in [-0.2, 0) is 18.6 Å². The number of aliphatic hydroxyl groups is 1. The van der Waals surface area contributed by atoms with Gasteiger partial charge >= 0.3 is 0 Å². The molecule has 0 fully saturated rings. The molecule has 0 amide bonds. The fraction of sp³-hybridized carbons (Fsp3) is 0.421. The molecule has 0 bridgehead atoms. The van der Waals surface area contributed by atoms with E-state index in [-0.39, 0.29) is 0 Å². The first-order valence-corrected chi connectivity index (χ1v) is 8.11. The molecule has 120 valence electrons. The molecule has 0 aliphatic carbocycles. The number of aromatic nitrogens is 1. The van der Waals surface area contributed by atoms with E-state index in [0.29, 0.717) is 12.0 Å². The Hall–Kier alpha value is -2.09. The van der Waals surface area contributed by atoms with Crippen LogP contribution >= 0.6 is 0 Å². The normalized spacial score (nSPS) is 19.8. The number of nitrogens with zero attached hydrogens (tertiary/aromatic N) is 3. The van der Waals surface area contributed by atoms with E-state index in [4.69, 9.17) is 0 Å². The second-order valence-electron chi connectivity index (χ2n) is 6.59. The summed E-state index contributed by atoms with van der Waals surface area (Å²) in [7, 11) is 4.09. The molecule has 23 heavy (non-hydrogen) atoms. The van der Waals surface area contributed by atoms with Gasteiger partial charge in [0.2, 0.25) is 0 Å². The van der Waals surface area contributed by atoms with Crippen molar-refractivity contribution >= 4 is 0 Å². The fourth-order valence-electron chi connectivity index (χ4n) is 3.53. The molecule has 1 aromatic carbocycles. The zero-order chi connectivity index (χ0) is 16.4. The summed E-state index contributed by atoms with van der Waals surface area (Å²) >= 11 is 0. The molecule has 1 unspecified atom stereocenters. The van der Waals surface area contributed by atoms with Crippen LogP contribution in [0.15, 0.2) is 36.5 Å². The zero-order valence-electron chi connectivity index (χ0n) is 13.8. The van der Waals surface area contributed by atoms with Crippen LogP contribution in [0, 0.1) is 11.3 Å². The summed E-state index contributed by atoms with van der Waals surface area (Å²) in [5.41, 5.74) is 2.55. The van der Waals surface area contributed by atoms with E-state index in [1.54, 1.807) is 0 Å². The molecule has 3 rings (SSSR count). The summed E-state index contributed by atoms with van der Waals surface area (Å²) in [6.45, 7) is 1.79. The van der Waals surface area contributed by atoms with E-state index < -0.39 is 5.60 Å². The van der Waals surface area contributed by atoms with Crippen LogP contribution in [-0.4, -0.2) is 35.2 Å². The Kier molecular flexibility index (Phi) is 4.25. The molecule has 2 heterocycles. The van der Waals surface area contributed by atoms with Crippen LogP contribution in [0.4, 0.5) is 0 Å². The molecular weight excluding hydrogens is 286 g/mol. The van der Waals surface area contributed by atoms with Gasteiger partial charge in [0, 0.05) is 12.7 Å². The van der Waals surface area contributed by atoms with Crippen LogP contribution in [0.2, 0.25) is 0 Å². The average Bonchev–Trinajstić information content (AvgIpc) is 2.97. The SMILES string of the molecule is CN(C)CCCC1(O)c2cc(C#N)ccc2CCn2cccc21. The van der Waals surface area contributed by atoms with Crippen molar-refractivity contribution in [3.63, 3.8) is 0 Å². The summed E-state index contributed by atoms with van der Waals surface area (Å²) < 4.78 is 2.14. The minimum absolute atomic E-state index is 0.606. The quantitative estimate of drug-likeness (QED) is 0.944. The highest BCUT2D eigenvalue weighted by Crippen LogP contribution is 2.39. The van der Waals surface area contributed by atoms with Gasteiger partial charge < -0.3 is 14.6 Å². The van der Waals surface area contributed by atoms with Crippen molar-refractivity contribution < 1.29 is 5.11 Å². The summed E-state index contributed by atoms with van der Waals surface area (Å²) in [4.78, 5) is 2.13. The smallest absolute Gasteiger partial charge is 0.130 e. The van der Waals surface area contributed by atoms with Crippen LogP contribution in [0.3, 0.4) is 0 Å². The van der Waals surface area contributed by atoms with Gasteiger partial charge in [-0.15, -0.1) is 0 Å². The molecule has 1 N–H and O–H groups in total. The molecule has 2 aromatic rings. The van der Waals surface area contributed by atoms with Crippen LogP contribution in [0.25, 0.3) is 0 Å². The summed E-state index contributed by atoms with van der Waals surface area (Å²) in [6, 6.07) is 11.9. The van der Waals surface area contributed by atoms with Crippen molar-refractivity contribution in [1.29, 1.82) is 5.26 Å². The number of hydrogen-bond acceptors (Lipinski definition) is 3. The van der Waals surface area contributed by atoms with E-state index >= 15 is 0 Å². The molecular formula is C19H23N3O. The van der Waals surface area contributed by atoms with Gasteiger partial charge in [0.25, 0.3) is 0 Å². The van der Waals surface area contributed by atoms with E-state index in [1.807, 2.05) is 50.6 Å². The highest BCUT2D eigenvalue weighted by molar-refractivity contribution is 5.46. The third-order valence-corrected chi connectivity index (χ3v) is 4.70. The maximum atomic E-state index is 11.6. The summed E-state index contributed by atoms with van der Waals surface area (Å²) in [5.74, 6) is 0. The van der Waals surface area contributed by atoms with Crippen LogP contribution in [0.5, 0.6) is 0 Å². The second-order valence-corrected chi connectivity index (χ2v) is 6.59. The maximum Gasteiger partial charge on any atom is 0.130 e. The molecule has 4 heteroatoms. The molecule has 0 spiro atoms. The van der Waals surface area contributed by atoms with Crippen molar-refractivity contribution in [3.8, 4) is 6.07 Å². The molecule has 4 nitrogen and oxygen atoms in total. The van der Waals surface area contributed by atoms with Gasteiger partial charge in [-0.05, 0) is 75.3 Å².